The lowest BCUT2D eigenvalue weighted by molar-refractivity contribution is 0.259. The van der Waals surface area contributed by atoms with Crippen LogP contribution in [0.4, 0.5) is 0 Å². The van der Waals surface area contributed by atoms with Crippen LogP contribution in [0.2, 0.25) is 0 Å². The predicted octanol–water partition coefficient (Wildman–Crippen LogP) is 3.44. The van der Waals surface area contributed by atoms with Crippen LogP contribution >= 0.6 is 0 Å². The van der Waals surface area contributed by atoms with Crippen molar-refractivity contribution >= 4 is 5.96 Å². The van der Waals surface area contributed by atoms with Gasteiger partial charge in [0.1, 0.15) is 12.4 Å². The fourth-order valence-electron chi connectivity index (χ4n) is 2.63. The lowest BCUT2D eigenvalue weighted by Gasteiger charge is -2.18. The summed E-state index contributed by atoms with van der Waals surface area (Å²) in [6.07, 6.45) is 0. The van der Waals surface area contributed by atoms with E-state index in [0.717, 1.165) is 30.4 Å². The Labute approximate surface area is 163 Å². The molecule has 0 saturated carbocycles. The number of para-hydroxylation sites is 1. The molecule has 2 rings (SSSR count). The van der Waals surface area contributed by atoms with Crippen LogP contribution in [0, 0.1) is 0 Å². The summed E-state index contributed by atoms with van der Waals surface area (Å²) in [7, 11) is 4.09. The Hall–Kier alpha value is -2.53. The summed E-state index contributed by atoms with van der Waals surface area (Å²) < 4.78 is 5.94. The Morgan fingerprint density at radius 2 is 1.78 bits per heavy atom. The molecule has 0 saturated heterocycles. The van der Waals surface area contributed by atoms with Gasteiger partial charge in [-0.05, 0) is 39.6 Å². The van der Waals surface area contributed by atoms with Crippen molar-refractivity contribution in [1.29, 1.82) is 0 Å². The zero-order valence-electron chi connectivity index (χ0n) is 16.9. The number of nitrogens with one attached hydrogen (secondary N) is 2. The zero-order valence-corrected chi connectivity index (χ0v) is 16.9. The number of nitrogens with zero attached hydrogens (tertiary/aromatic N) is 2. The van der Waals surface area contributed by atoms with E-state index in [0.29, 0.717) is 13.2 Å². The summed E-state index contributed by atoms with van der Waals surface area (Å²) in [5, 5.41) is 6.80. The molecule has 0 spiro atoms. The average Bonchev–Trinajstić information content (AvgIpc) is 2.67. The smallest absolute Gasteiger partial charge is 0.192 e. The molecule has 2 N–H and O–H groups in total. The number of ether oxygens (including phenoxy) is 1. The van der Waals surface area contributed by atoms with Gasteiger partial charge in [-0.2, -0.15) is 0 Å². The van der Waals surface area contributed by atoms with Gasteiger partial charge in [0.15, 0.2) is 5.96 Å². The first-order valence-electron chi connectivity index (χ1n) is 9.55. The van der Waals surface area contributed by atoms with E-state index in [1.54, 1.807) is 0 Å². The van der Waals surface area contributed by atoms with E-state index in [-0.39, 0.29) is 6.04 Å². The van der Waals surface area contributed by atoms with Crippen molar-refractivity contribution < 1.29 is 4.74 Å². The molecule has 0 heterocycles. The van der Waals surface area contributed by atoms with Gasteiger partial charge >= 0.3 is 0 Å². The normalized spacial score (nSPS) is 12.7. The Bertz CT molecular complexity index is 700. The van der Waals surface area contributed by atoms with Crippen molar-refractivity contribution in [2.45, 2.75) is 26.4 Å². The molecule has 0 aliphatic rings. The second-order valence-electron chi connectivity index (χ2n) is 6.73. The van der Waals surface area contributed by atoms with Crippen LogP contribution in [-0.2, 0) is 6.54 Å². The number of rotatable bonds is 9. The monoisotopic (exact) mass is 368 g/mol. The van der Waals surface area contributed by atoms with Crippen LogP contribution in [0.3, 0.4) is 0 Å². The van der Waals surface area contributed by atoms with Crippen LogP contribution < -0.4 is 15.4 Å². The number of guanidine groups is 1. The van der Waals surface area contributed by atoms with Crippen molar-refractivity contribution in [2.75, 3.05) is 33.8 Å². The van der Waals surface area contributed by atoms with Crippen LogP contribution in [-0.4, -0.2) is 44.7 Å². The number of aliphatic imine (C=N–C) groups is 1. The van der Waals surface area contributed by atoms with Gasteiger partial charge in [0.2, 0.25) is 0 Å². The predicted molar refractivity (Wildman–Crippen MR) is 113 cm³/mol. The van der Waals surface area contributed by atoms with Crippen molar-refractivity contribution in [3.05, 3.63) is 65.7 Å². The van der Waals surface area contributed by atoms with Gasteiger partial charge in [-0.1, -0.05) is 48.5 Å². The third-order valence-corrected chi connectivity index (χ3v) is 4.17. The number of hydrogen-bond acceptors (Lipinski definition) is 3. The minimum absolute atomic E-state index is 0.176. The molecule has 0 bridgehead atoms. The Kier molecular flexibility index (Phi) is 8.65. The molecule has 0 fully saturated rings. The third-order valence-electron chi connectivity index (χ3n) is 4.17. The first-order valence-corrected chi connectivity index (χ1v) is 9.55. The highest BCUT2D eigenvalue weighted by Gasteiger charge is 2.08. The molecule has 0 aliphatic heterocycles. The van der Waals surface area contributed by atoms with Gasteiger partial charge in [-0.25, -0.2) is 4.99 Å². The minimum Gasteiger partial charge on any atom is -0.492 e. The summed E-state index contributed by atoms with van der Waals surface area (Å²) in [6, 6.07) is 18.7. The maximum absolute atomic E-state index is 5.94. The fraction of sp³-hybridized carbons (Fsp3) is 0.409. The molecule has 146 valence electrons. The van der Waals surface area contributed by atoms with Gasteiger partial charge in [0.25, 0.3) is 0 Å². The molecular weight excluding hydrogens is 336 g/mol. The van der Waals surface area contributed by atoms with Gasteiger partial charge in [0, 0.05) is 18.7 Å². The summed E-state index contributed by atoms with van der Waals surface area (Å²) in [5.74, 6) is 1.70. The molecule has 1 atom stereocenters. The minimum atomic E-state index is 0.176. The van der Waals surface area contributed by atoms with E-state index >= 15 is 0 Å². The SMILES string of the molecule is CCNC(=NCc1ccccc1OCCN(C)C)NC(C)c1ccccc1. The Balaban J connectivity index is 2.03. The van der Waals surface area contributed by atoms with Crippen LogP contribution in [0.1, 0.15) is 31.0 Å². The average molecular weight is 369 g/mol. The highest BCUT2D eigenvalue weighted by atomic mass is 16.5. The van der Waals surface area contributed by atoms with E-state index in [1.807, 2.05) is 38.4 Å². The van der Waals surface area contributed by atoms with Gasteiger partial charge in [-0.15, -0.1) is 0 Å². The molecule has 2 aromatic carbocycles. The second kappa shape index (κ2) is 11.2. The first kappa shape index (κ1) is 20.8. The lowest BCUT2D eigenvalue weighted by atomic mass is 10.1. The van der Waals surface area contributed by atoms with E-state index in [1.165, 1.54) is 5.56 Å². The molecule has 0 radical (unpaired) electrons. The van der Waals surface area contributed by atoms with E-state index in [4.69, 9.17) is 9.73 Å². The summed E-state index contributed by atoms with van der Waals surface area (Å²) in [6.45, 7) is 7.14. The quantitative estimate of drug-likeness (QED) is 0.526. The number of hydrogen-bond donors (Lipinski definition) is 2. The van der Waals surface area contributed by atoms with Gasteiger partial charge in [-0.3, -0.25) is 0 Å². The molecule has 0 amide bonds. The van der Waals surface area contributed by atoms with E-state index in [9.17, 15) is 0 Å². The lowest BCUT2D eigenvalue weighted by Crippen LogP contribution is -2.38. The first-order chi connectivity index (χ1) is 13.1. The highest BCUT2D eigenvalue weighted by molar-refractivity contribution is 5.80. The second-order valence-corrected chi connectivity index (χ2v) is 6.73. The highest BCUT2D eigenvalue weighted by Crippen LogP contribution is 2.19. The van der Waals surface area contributed by atoms with Crippen molar-refractivity contribution in [3.8, 4) is 5.75 Å². The van der Waals surface area contributed by atoms with E-state index < -0.39 is 0 Å². The van der Waals surface area contributed by atoms with Crippen LogP contribution in [0.15, 0.2) is 59.6 Å². The Morgan fingerprint density at radius 1 is 1.07 bits per heavy atom. The fourth-order valence-corrected chi connectivity index (χ4v) is 2.63. The van der Waals surface area contributed by atoms with Crippen molar-refractivity contribution in [2.24, 2.45) is 4.99 Å². The molecule has 1 unspecified atom stereocenters. The molecule has 5 heteroatoms. The maximum Gasteiger partial charge on any atom is 0.192 e. The van der Waals surface area contributed by atoms with Gasteiger partial charge in [0.05, 0.1) is 12.6 Å². The van der Waals surface area contributed by atoms with E-state index in [2.05, 4.69) is 59.7 Å². The summed E-state index contributed by atoms with van der Waals surface area (Å²) in [5.41, 5.74) is 2.32. The van der Waals surface area contributed by atoms with Gasteiger partial charge < -0.3 is 20.3 Å². The standard InChI is InChI=1S/C22H32N4O/c1-5-23-22(25-18(2)19-11-7-6-8-12-19)24-17-20-13-9-10-14-21(20)27-16-15-26(3)4/h6-14,18H,5,15-17H2,1-4H3,(H2,23,24,25). The number of likely N-dealkylation sites (N-methyl/N-ethyl adjacent to an activating group) is 1. The van der Waals surface area contributed by atoms with Crippen LogP contribution in [0.25, 0.3) is 0 Å². The molecule has 0 aliphatic carbocycles. The number of benzene rings is 2. The topological polar surface area (TPSA) is 48.9 Å². The zero-order chi connectivity index (χ0) is 19.5. The largest absolute Gasteiger partial charge is 0.492 e. The molecular formula is C22H32N4O. The molecule has 5 nitrogen and oxygen atoms in total. The van der Waals surface area contributed by atoms with Crippen molar-refractivity contribution in [3.63, 3.8) is 0 Å². The maximum atomic E-state index is 5.94. The molecule has 0 aromatic heterocycles. The molecule has 27 heavy (non-hydrogen) atoms. The Morgan fingerprint density at radius 3 is 2.48 bits per heavy atom. The van der Waals surface area contributed by atoms with Crippen molar-refractivity contribution in [1.82, 2.24) is 15.5 Å². The summed E-state index contributed by atoms with van der Waals surface area (Å²) in [4.78, 5) is 6.87. The molecule has 2 aromatic rings. The van der Waals surface area contributed by atoms with Crippen LogP contribution in [0.5, 0.6) is 5.75 Å². The summed E-state index contributed by atoms with van der Waals surface area (Å²) >= 11 is 0. The third kappa shape index (κ3) is 7.31.